The third-order valence-corrected chi connectivity index (χ3v) is 3.47. The number of aliphatic imine (C=N–C) groups is 1. The molecular weight excluding hydrogens is 274 g/mol. The highest BCUT2D eigenvalue weighted by molar-refractivity contribution is 5.79. The Kier molecular flexibility index (Phi) is 5.64. The van der Waals surface area contributed by atoms with Gasteiger partial charge in [0.15, 0.2) is 5.96 Å². The number of nitrogens with zero attached hydrogens (tertiary/aromatic N) is 1. The van der Waals surface area contributed by atoms with Crippen LogP contribution < -0.4 is 10.6 Å². The molecule has 1 aromatic heterocycles. The second-order valence-electron chi connectivity index (χ2n) is 5.47. The van der Waals surface area contributed by atoms with Gasteiger partial charge in [-0.05, 0) is 39.3 Å². The quantitative estimate of drug-likeness (QED) is 0.656. The number of benzene rings is 1. The van der Waals surface area contributed by atoms with Crippen molar-refractivity contribution in [1.29, 1.82) is 0 Å². The van der Waals surface area contributed by atoms with Gasteiger partial charge >= 0.3 is 0 Å². The van der Waals surface area contributed by atoms with Crippen molar-refractivity contribution >= 4 is 5.96 Å². The average Bonchev–Trinajstić information content (AvgIpc) is 2.81. The molecule has 4 heteroatoms. The lowest BCUT2D eigenvalue weighted by Crippen LogP contribution is -2.36. The zero-order valence-electron chi connectivity index (χ0n) is 13.9. The molecule has 0 bridgehead atoms. The Bertz CT molecular complexity index is 626. The van der Waals surface area contributed by atoms with Gasteiger partial charge in [0.05, 0.1) is 6.54 Å². The zero-order chi connectivity index (χ0) is 15.9. The number of guanidine groups is 1. The molecule has 1 heterocycles. The molecule has 2 aromatic rings. The molecule has 0 saturated heterocycles. The average molecular weight is 299 g/mol. The van der Waals surface area contributed by atoms with E-state index in [0.717, 1.165) is 24.0 Å². The molecule has 0 unspecified atom stereocenters. The fourth-order valence-electron chi connectivity index (χ4n) is 2.24. The van der Waals surface area contributed by atoms with E-state index in [1.165, 1.54) is 16.7 Å². The summed E-state index contributed by atoms with van der Waals surface area (Å²) in [6, 6.07) is 10.5. The van der Waals surface area contributed by atoms with Gasteiger partial charge in [0, 0.05) is 18.7 Å². The fraction of sp³-hybridized carbons (Fsp3) is 0.389. The van der Waals surface area contributed by atoms with Gasteiger partial charge in [0.2, 0.25) is 0 Å². The van der Waals surface area contributed by atoms with Gasteiger partial charge < -0.3 is 15.1 Å². The van der Waals surface area contributed by atoms with Crippen LogP contribution in [0, 0.1) is 20.8 Å². The molecule has 0 aliphatic heterocycles. The highest BCUT2D eigenvalue weighted by Crippen LogP contribution is 2.13. The number of hydrogen-bond acceptors (Lipinski definition) is 2. The van der Waals surface area contributed by atoms with Crippen LogP contribution in [0.5, 0.6) is 0 Å². The molecule has 2 N–H and O–H groups in total. The largest absolute Gasteiger partial charge is 0.466 e. The standard InChI is InChI=1S/C18H25N3O/c1-5-19-18(20-11-16-8-6-13(2)7-9-16)21-12-17-10-14(3)22-15(17)4/h6-10H,5,11-12H2,1-4H3,(H2,19,20,21). The lowest BCUT2D eigenvalue weighted by molar-refractivity contribution is 0.500. The third kappa shape index (κ3) is 4.65. The maximum Gasteiger partial charge on any atom is 0.191 e. The van der Waals surface area contributed by atoms with Crippen molar-refractivity contribution in [3.05, 3.63) is 58.5 Å². The summed E-state index contributed by atoms with van der Waals surface area (Å²) in [6.45, 7) is 10.3. The van der Waals surface area contributed by atoms with Gasteiger partial charge in [0.25, 0.3) is 0 Å². The Morgan fingerprint density at radius 3 is 2.41 bits per heavy atom. The number of hydrogen-bond donors (Lipinski definition) is 2. The SMILES string of the molecule is CCNC(=NCc1ccc(C)cc1)NCc1cc(C)oc1C. The van der Waals surface area contributed by atoms with Gasteiger partial charge in [-0.1, -0.05) is 29.8 Å². The van der Waals surface area contributed by atoms with E-state index in [0.29, 0.717) is 13.1 Å². The predicted octanol–water partition coefficient (Wildman–Crippen LogP) is 3.46. The number of nitrogens with one attached hydrogen (secondary N) is 2. The topological polar surface area (TPSA) is 49.6 Å². The summed E-state index contributed by atoms with van der Waals surface area (Å²) in [5.74, 6) is 2.72. The summed E-state index contributed by atoms with van der Waals surface area (Å²) in [6.07, 6.45) is 0. The molecule has 0 atom stereocenters. The van der Waals surface area contributed by atoms with Crippen molar-refractivity contribution in [2.75, 3.05) is 6.54 Å². The Morgan fingerprint density at radius 2 is 1.82 bits per heavy atom. The van der Waals surface area contributed by atoms with Crippen molar-refractivity contribution in [3.63, 3.8) is 0 Å². The van der Waals surface area contributed by atoms with Crippen LogP contribution in [0.25, 0.3) is 0 Å². The first-order chi connectivity index (χ1) is 10.6. The fourth-order valence-corrected chi connectivity index (χ4v) is 2.24. The van der Waals surface area contributed by atoms with E-state index in [-0.39, 0.29) is 0 Å². The highest BCUT2D eigenvalue weighted by atomic mass is 16.3. The van der Waals surface area contributed by atoms with Gasteiger partial charge in [0.1, 0.15) is 11.5 Å². The molecule has 0 aliphatic rings. The molecule has 1 aromatic carbocycles. The van der Waals surface area contributed by atoms with Gasteiger partial charge in [-0.3, -0.25) is 0 Å². The highest BCUT2D eigenvalue weighted by Gasteiger charge is 2.05. The van der Waals surface area contributed by atoms with Crippen molar-refractivity contribution in [2.24, 2.45) is 4.99 Å². The first-order valence-electron chi connectivity index (χ1n) is 7.72. The van der Waals surface area contributed by atoms with E-state index < -0.39 is 0 Å². The lowest BCUT2D eigenvalue weighted by Gasteiger charge is -2.11. The lowest BCUT2D eigenvalue weighted by atomic mass is 10.1. The molecule has 4 nitrogen and oxygen atoms in total. The van der Waals surface area contributed by atoms with Crippen molar-refractivity contribution in [3.8, 4) is 0 Å². The van der Waals surface area contributed by atoms with Gasteiger partial charge in [-0.25, -0.2) is 4.99 Å². The van der Waals surface area contributed by atoms with E-state index in [1.54, 1.807) is 0 Å². The monoisotopic (exact) mass is 299 g/mol. The van der Waals surface area contributed by atoms with E-state index >= 15 is 0 Å². The van der Waals surface area contributed by atoms with Crippen LogP contribution in [-0.2, 0) is 13.1 Å². The molecule has 2 rings (SSSR count). The van der Waals surface area contributed by atoms with Crippen molar-refractivity contribution < 1.29 is 4.42 Å². The Hall–Kier alpha value is -2.23. The molecule has 22 heavy (non-hydrogen) atoms. The van der Waals surface area contributed by atoms with Gasteiger partial charge in [-0.15, -0.1) is 0 Å². The van der Waals surface area contributed by atoms with E-state index in [2.05, 4.69) is 59.8 Å². The maximum absolute atomic E-state index is 5.55. The van der Waals surface area contributed by atoms with Crippen LogP contribution in [-0.4, -0.2) is 12.5 Å². The minimum Gasteiger partial charge on any atom is -0.466 e. The summed E-state index contributed by atoms with van der Waals surface area (Å²) in [5.41, 5.74) is 3.64. The molecule has 118 valence electrons. The summed E-state index contributed by atoms with van der Waals surface area (Å²) < 4.78 is 5.55. The molecule has 0 radical (unpaired) electrons. The Balaban J connectivity index is 1.97. The van der Waals surface area contributed by atoms with E-state index in [4.69, 9.17) is 4.42 Å². The van der Waals surface area contributed by atoms with E-state index in [1.807, 2.05) is 13.8 Å². The minimum atomic E-state index is 0.666. The minimum absolute atomic E-state index is 0.666. The van der Waals surface area contributed by atoms with Crippen LogP contribution in [0.15, 0.2) is 39.7 Å². The van der Waals surface area contributed by atoms with Crippen LogP contribution in [0.4, 0.5) is 0 Å². The second kappa shape index (κ2) is 7.69. The molecule has 0 aliphatic carbocycles. The molecule has 0 fully saturated rings. The second-order valence-corrected chi connectivity index (χ2v) is 5.47. The third-order valence-electron chi connectivity index (χ3n) is 3.47. The molecular formula is C18H25N3O. The smallest absolute Gasteiger partial charge is 0.191 e. The number of furan rings is 1. The number of aryl methyl sites for hydroxylation is 3. The first kappa shape index (κ1) is 16.1. The summed E-state index contributed by atoms with van der Waals surface area (Å²) in [5, 5.41) is 6.62. The molecule has 0 amide bonds. The first-order valence-corrected chi connectivity index (χ1v) is 7.72. The van der Waals surface area contributed by atoms with E-state index in [9.17, 15) is 0 Å². The predicted molar refractivity (Wildman–Crippen MR) is 91.0 cm³/mol. The van der Waals surface area contributed by atoms with Gasteiger partial charge in [-0.2, -0.15) is 0 Å². The Morgan fingerprint density at radius 1 is 1.09 bits per heavy atom. The number of rotatable bonds is 5. The molecule has 0 saturated carbocycles. The zero-order valence-corrected chi connectivity index (χ0v) is 13.9. The Labute approximate surface area is 132 Å². The van der Waals surface area contributed by atoms with Crippen LogP contribution >= 0.6 is 0 Å². The summed E-state index contributed by atoms with van der Waals surface area (Å²) in [7, 11) is 0. The maximum atomic E-state index is 5.55. The van der Waals surface area contributed by atoms with Crippen molar-refractivity contribution in [2.45, 2.75) is 40.8 Å². The van der Waals surface area contributed by atoms with Crippen LogP contribution in [0.1, 0.15) is 35.1 Å². The van der Waals surface area contributed by atoms with Crippen LogP contribution in [0.2, 0.25) is 0 Å². The summed E-state index contributed by atoms with van der Waals surface area (Å²) in [4.78, 5) is 4.63. The van der Waals surface area contributed by atoms with Crippen LogP contribution in [0.3, 0.4) is 0 Å². The summed E-state index contributed by atoms with van der Waals surface area (Å²) >= 11 is 0. The molecule has 0 spiro atoms. The normalized spacial score (nSPS) is 11.5. The van der Waals surface area contributed by atoms with Crippen molar-refractivity contribution in [1.82, 2.24) is 10.6 Å².